The molecule has 1 saturated heterocycles. The van der Waals surface area contributed by atoms with Gasteiger partial charge in [-0.2, -0.15) is 13.2 Å². The van der Waals surface area contributed by atoms with E-state index in [4.69, 9.17) is 16.3 Å². The smallest absolute Gasteiger partial charge is 0.375 e. The Morgan fingerprint density at radius 1 is 1.06 bits per heavy atom. The summed E-state index contributed by atoms with van der Waals surface area (Å²) in [5, 5.41) is 9.08. The number of hydrogen-bond acceptors (Lipinski definition) is 6. The number of pyridine rings is 1. The van der Waals surface area contributed by atoms with E-state index in [1.54, 1.807) is 17.2 Å². The second kappa shape index (κ2) is 9.94. The molecule has 1 amide bonds. The average molecular weight is 492 g/mol. The summed E-state index contributed by atoms with van der Waals surface area (Å²) < 4.78 is 43.9. The Kier molecular flexibility index (Phi) is 6.99. The molecule has 178 valence electrons. The number of hydrogen-bond donors (Lipinski definition) is 0. The first-order valence-electron chi connectivity index (χ1n) is 10.4. The van der Waals surface area contributed by atoms with Gasteiger partial charge in [0.15, 0.2) is 5.82 Å². The van der Waals surface area contributed by atoms with Crippen LogP contribution in [0.25, 0.3) is 22.4 Å². The summed E-state index contributed by atoms with van der Waals surface area (Å²) in [6, 6.07) is 8.29. The number of piperazine rings is 1. The topological polar surface area (TPSA) is 71.5 Å². The van der Waals surface area contributed by atoms with Gasteiger partial charge in [-0.25, -0.2) is 0 Å². The molecule has 34 heavy (non-hydrogen) atoms. The van der Waals surface area contributed by atoms with E-state index in [2.05, 4.69) is 15.2 Å². The lowest BCUT2D eigenvalue weighted by Gasteiger charge is -2.35. The number of anilines is 1. The van der Waals surface area contributed by atoms with E-state index >= 15 is 0 Å². The number of aromatic nitrogens is 3. The number of nitrogens with zero attached hydrogens (tertiary/aromatic N) is 5. The third-order valence-corrected chi connectivity index (χ3v) is 5.85. The molecule has 1 aromatic carbocycles. The molecule has 0 spiro atoms. The Bertz CT molecular complexity index is 1170. The zero-order chi connectivity index (χ0) is 24.3. The molecule has 0 radical (unpaired) electrons. The summed E-state index contributed by atoms with van der Waals surface area (Å²) in [6.07, 6.45) is -1.36. The number of alkyl halides is 3. The van der Waals surface area contributed by atoms with Crippen LogP contribution >= 0.6 is 11.6 Å². The van der Waals surface area contributed by atoms with Gasteiger partial charge in [-0.05, 0) is 24.3 Å². The molecule has 0 unspecified atom stereocenters. The minimum atomic E-state index is -4.43. The van der Waals surface area contributed by atoms with E-state index in [-0.39, 0.29) is 12.5 Å². The number of ether oxygens (including phenoxy) is 1. The van der Waals surface area contributed by atoms with Crippen molar-refractivity contribution < 1.29 is 22.7 Å². The lowest BCUT2D eigenvalue weighted by Crippen LogP contribution is -2.50. The predicted octanol–water partition coefficient (Wildman–Crippen LogP) is 4.17. The third-order valence-electron chi connectivity index (χ3n) is 5.55. The maximum Gasteiger partial charge on any atom is 0.416 e. The molecule has 3 aromatic rings. The van der Waals surface area contributed by atoms with Crippen LogP contribution in [0.15, 0.2) is 48.8 Å². The summed E-state index contributed by atoms with van der Waals surface area (Å²) in [7, 11) is 1.48. The van der Waals surface area contributed by atoms with Gasteiger partial charge >= 0.3 is 6.18 Å². The van der Waals surface area contributed by atoms with Gasteiger partial charge in [0.1, 0.15) is 12.3 Å². The van der Waals surface area contributed by atoms with Crippen LogP contribution in [0.3, 0.4) is 0 Å². The number of rotatable bonds is 5. The highest BCUT2D eigenvalue weighted by Crippen LogP contribution is 2.37. The summed E-state index contributed by atoms with van der Waals surface area (Å²) in [4.78, 5) is 19.8. The van der Waals surface area contributed by atoms with Crippen molar-refractivity contribution in [1.29, 1.82) is 0 Å². The molecule has 0 aliphatic carbocycles. The Labute approximate surface area is 199 Å². The maximum absolute atomic E-state index is 13.0. The lowest BCUT2D eigenvalue weighted by molar-refractivity contribution is -0.137. The maximum atomic E-state index is 13.0. The molecule has 0 bridgehead atoms. The van der Waals surface area contributed by atoms with E-state index in [1.165, 1.54) is 25.4 Å². The van der Waals surface area contributed by atoms with Crippen LogP contribution in [0.1, 0.15) is 5.56 Å². The molecule has 11 heteroatoms. The number of amides is 1. The highest BCUT2D eigenvalue weighted by molar-refractivity contribution is 6.33. The quantitative estimate of drug-likeness (QED) is 0.533. The summed E-state index contributed by atoms with van der Waals surface area (Å²) in [5.41, 5.74) is 1.39. The van der Waals surface area contributed by atoms with Crippen molar-refractivity contribution in [3.8, 4) is 22.4 Å². The average Bonchev–Trinajstić information content (AvgIpc) is 2.84. The van der Waals surface area contributed by atoms with E-state index in [1.807, 2.05) is 11.0 Å². The van der Waals surface area contributed by atoms with Crippen molar-refractivity contribution in [2.24, 2.45) is 0 Å². The first-order valence-corrected chi connectivity index (χ1v) is 10.8. The molecule has 2 aromatic heterocycles. The van der Waals surface area contributed by atoms with Gasteiger partial charge in [0.05, 0.1) is 10.6 Å². The van der Waals surface area contributed by atoms with E-state index < -0.39 is 11.7 Å². The number of methoxy groups -OCH3 is 1. The van der Waals surface area contributed by atoms with Crippen LogP contribution in [-0.2, 0) is 15.7 Å². The van der Waals surface area contributed by atoms with Gasteiger partial charge in [0.2, 0.25) is 5.91 Å². The Hall–Kier alpha value is -3.24. The van der Waals surface area contributed by atoms with Gasteiger partial charge in [-0.1, -0.05) is 23.7 Å². The fourth-order valence-corrected chi connectivity index (χ4v) is 3.99. The summed E-state index contributed by atoms with van der Waals surface area (Å²) in [5.74, 6) is 0.507. The highest BCUT2D eigenvalue weighted by Gasteiger charge is 2.30. The summed E-state index contributed by atoms with van der Waals surface area (Å²) in [6.45, 7) is 2.15. The van der Waals surface area contributed by atoms with Crippen LogP contribution in [-0.4, -0.2) is 65.9 Å². The van der Waals surface area contributed by atoms with Crippen molar-refractivity contribution in [2.45, 2.75) is 6.18 Å². The van der Waals surface area contributed by atoms with Crippen molar-refractivity contribution >= 4 is 23.3 Å². The molecule has 0 atom stereocenters. The van der Waals surface area contributed by atoms with Crippen molar-refractivity contribution in [2.75, 3.05) is 44.8 Å². The van der Waals surface area contributed by atoms with Crippen LogP contribution < -0.4 is 4.90 Å². The second-order valence-electron chi connectivity index (χ2n) is 7.70. The third kappa shape index (κ3) is 5.13. The molecule has 0 saturated carbocycles. The first kappa shape index (κ1) is 23.9. The van der Waals surface area contributed by atoms with Gasteiger partial charge in [-0.15, -0.1) is 10.2 Å². The Morgan fingerprint density at radius 3 is 2.38 bits per heavy atom. The zero-order valence-electron chi connectivity index (χ0n) is 18.2. The molecular weight excluding hydrogens is 471 g/mol. The van der Waals surface area contributed by atoms with Gasteiger partial charge < -0.3 is 14.5 Å². The first-order chi connectivity index (χ1) is 16.3. The second-order valence-corrected chi connectivity index (χ2v) is 8.10. The van der Waals surface area contributed by atoms with Crippen molar-refractivity contribution in [1.82, 2.24) is 20.1 Å². The largest absolute Gasteiger partial charge is 0.416 e. The Morgan fingerprint density at radius 2 is 1.76 bits per heavy atom. The summed E-state index contributed by atoms with van der Waals surface area (Å²) >= 11 is 6.40. The number of benzene rings is 1. The van der Waals surface area contributed by atoms with Gasteiger partial charge in [0, 0.05) is 62.4 Å². The SMILES string of the molecule is COCC(=O)N1CCN(c2cc(-c3ccncc3Cl)c(-c3ccc(C(F)(F)F)cc3)nn2)CC1. The number of carbonyl (C=O) groups excluding carboxylic acids is 1. The molecule has 1 aliphatic heterocycles. The standard InChI is InChI=1S/C23H21ClF3N5O2/c1-34-14-21(33)32-10-8-31(9-11-32)20-12-18(17-6-7-28-13-19(17)24)22(30-29-20)15-2-4-16(5-3-15)23(25,26)27/h2-7,12-13H,8-11,14H2,1H3. The van der Waals surface area contributed by atoms with Crippen LogP contribution in [0, 0.1) is 0 Å². The van der Waals surface area contributed by atoms with E-state index in [0.717, 1.165) is 12.1 Å². The molecule has 3 heterocycles. The van der Waals surface area contributed by atoms with Crippen LogP contribution in [0.4, 0.5) is 19.0 Å². The number of carbonyl (C=O) groups is 1. The normalized spacial score (nSPS) is 14.4. The van der Waals surface area contributed by atoms with E-state index in [9.17, 15) is 18.0 Å². The highest BCUT2D eigenvalue weighted by atomic mass is 35.5. The fraction of sp³-hybridized carbons (Fsp3) is 0.304. The Balaban J connectivity index is 1.68. The lowest BCUT2D eigenvalue weighted by atomic mass is 9.99. The number of halogens is 4. The van der Waals surface area contributed by atoms with Crippen molar-refractivity contribution in [3.05, 3.63) is 59.4 Å². The molecule has 7 nitrogen and oxygen atoms in total. The minimum absolute atomic E-state index is 0.0340. The monoisotopic (exact) mass is 491 g/mol. The van der Waals surface area contributed by atoms with Gasteiger partial charge in [-0.3, -0.25) is 9.78 Å². The van der Waals surface area contributed by atoms with Gasteiger partial charge in [0.25, 0.3) is 0 Å². The van der Waals surface area contributed by atoms with Crippen molar-refractivity contribution in [3.63, 3.8) is 0 Å². The molecule has 0 N–H and O–H groups in total. The zero-order valence-corrected chi connectivity index (χ0v) is 19.0. The van der Waals surface area contributed by atoms with E-state index in [0.29, 0.717) is 59.4 Å². The molecule has 1 aliphatic rings. The molecule has 4 rings (SSSR count). The molecule has 1 fully saturated rings. The predicted molar refractivity (Wildman–Crippen MR) is 121 cm³/mol. The van der Waals surface area contributed by atoms with Crippen LogP contribution in [0.5, 0.6) is 0 Å². The van der Waals surface area contributed by atoms with Crippen LogP contribution in [0.2, 0.25) is 5.02 Å². The molecular formula is C23H21ClF3N5O2. The fourth-order valence-electron chi connectivity index (χ4n) is 3.76. The minimum Gasteiger partial charge on any atom is -0.375 e.